The number of amides is 1. The van der Waals surface area contributed by atoms with E-state index in [4.69, 9.17) is 0 Å². The summed E-state index contributed by atoms with van der Waals surface area (Å²) in [5, 5.41) is 2.86. The molecule has 0 aliphatic heterocycles. The van der Waals surface area contributed by atoms with E-state index in [0.717, 1.165) is 23.6 Å². The molecule has 3 aromatic rings. The number of para-hydroxylation sites is 2. The van der Waals surface area contributed by atoms with Crippen LogP contribution in [-0.2, 0) is 0 Å². The van der Waals surface area contributed by atoms with Crippen molar-refractivity contribution in [2.24, 2.45) is 0 Å². The molecule has 1 N–H and O–H groups in total. The van der Waals surface area contributed by atoms with E-state index >= 15 is 0 Å². The summed E-state index contributed by atoms with van der Waals surface area (Å²) in [5.74, 6) is -0.216. The van der Waals surface area contributed by atoms with E-state index in [9.17, 15) is 4.79 Å². The van der Waals surface area contributed by atoms with E-state index in [1.165, 1.54) is 0 Å². The molecule has 1 heterocycles. The first-order valence-corrected chi connectivity index (χ1v) is 7.93. The molecule has 120 valence electrons. The molecule has 1 amide bonds. The lowest BCUT2D eigenvalue weighted by atomic mass is 10.2. The first-order valence-electron chi connectivity index (χ1n) is 7.93. The van der Waals surface area contributed by atoms with Crippen LogP contribution in [-0.4, -0.2) is 17.4 Å². The van der Waals surface area contributed by atoms with E-state index in [1.54, 1.807) is 6.20 Å². The minimum Gasteiger partial charge on any atom is -0.342 e. The highest BCUT2D eigenvalue weighted by atomic mass is 16.1. The average molecular weight is 317 g/mol. The van der Waals surface area contributed by atoms with E-state index in [-0.39, 0.29) is 5.91 Å². The number of hydrogen-bond donors (Lipinski definition) is 1. The second-order valence-corrected chi connectivity index (χ2v) is 5.30. The summed E-state index contributed by atoms with van der Waals surface area (Å²) in [6.07, 6.45) is 1.67. The van der Waals surface area contributed by atoms with Crippen LogP contribution in [0.2, 0.25) is 0 Å². The third kappa shape index (κ3) is 3.60. The molecule has 0 atom stereocenters. The number of nitrogens with one attached hydrogen (secondary N) is 1. The topological polar surface area (TPSA) is 45.2 Å². The number of pyridine rings is 1. The number of carbonyl (C=O) groups is 1. The highest BCUT2D eigenvalue weighted by molar-refractivity contribution is 6.03. The lowest BCUT2D eigenvalue weighted by molar-refractivity contribution is 0.102. The number of aromatic nitrogens is 1. The zero-order valence-electron chi connectivity index (χ0n) is 13.5. The number of carbonyl (C=O) groups excluding carboxylic acids is 1. The van der Waals surface area contributed by atoms with Crippen LogP contribution in [0.25, 0.3) is 0 Å². The van der Waals surface area contributed by atoms with Gasteiger partial charge in [-0.25, -0.2) is 0 Å². The molecule has 0 aliphatic rings. The van der Waals surface area contributed by atoms with Crippen molar-refractivity contribution < 1.29 is 4.79 Å². The number of benzene rings is 2. The van der Waals surface area contributed by atoms with Gasteiger partial charge in [0.1, 0.15) is 5.69 Å². The molecule has 1 aromatic heterocycles. The maximum atomic E-state index is 12.4. The summed E-state index contributed by atoms with van der Waals surface area (Å²) in [7, 11) is 0. The van der Waals surface area contributed by atoms with Gasteiger partial charge in [-0.05, 0) is 43.3 Å². The molecule has 4 heteroatoms. The Morgan fingerprint density at radius 1 is 0.958 bits per heavy atom. The molecular weight excluding hydrogens is 298 g/mol. The quantitative estimate of drug-likeness (QED) is 0.754. The van der Waals surface area contributed by atoms with E-state index in [0.29, 0.717) is 5.69 Å². The highest BCUT2D eigenvalue weighted by Gasteiger charge is 2.12. The van der Waals surface area contributed by atoms with Crippen LogP contribution in [0.4, 0.5) is 17.1 Å². The largest absolute Gasteiger partial charge is 0.342 e. The predicted molar refractivity (Wildman–Crippen MR) is 97.8 cm³/mol. The number of rotatable bonds is 5. The Labute approximate surface area is 141 Å². The molecule has 0 unspecified atom stereocenters. The summed E-state index contributed by atoms with van der Waals surface area (Å²) >= 11 is 0. The summed E-state index contributed by atoms with van der Waals surface area (Å²) in [4.78, 5) is 18.8. The fraction of sp³-hybridized carbons (Fsp3) is 0.100. The van der Waals surface area contributed by atoms with Gasteiger partial charge in [0, 0.05) is 29.8 Å². The summed E-state index contributed by atoms with van der Waals surface area (Å²) in [5.41, 5.74) is 3.17. The van der Waals surface area contributed by atoms with Gasteiger partial charge in [0.25, 0.3) is 5.91 Å². The maximum absolute atomic E-state index is 12.4. The molecule has 4 nitrogen and oxygen atoms in total. The fourth-order valence-electron chi connectivity index (χ4n) is 2.55. The number of hydrogen-bond acceptors (Lipinski definition) is 3. The molecule has 0 saturated heterocycles. The van der Waals surface area contributed by atoms with Crippen LogP contribution in [0.3, 0.4) is 0 Å². The first-order chi connectivity index (χ1) is 11.8. The van der Waals surface area contributed by atoms with Crippen LogP contribution >= 0.6 is 0 Å². The Balaban J connectivity index is 1.84. The van der Waals surface area contributed by atoms with Crippen molar-refractivity contribution in [2.45, 2.75) is 6.92 Å². The van der Waals surface area contributed by atoms with Crippen molar-refractivity contribution in [3.05, 3.63) is 84.7 Å². The molecule has 0 fully saturated rings. The molecule has 2 aromatic carbocycles. The Kier molecular flexibility index (Phi) is 4.87. The maximum Gasteiger partial charge on any atom is 0.274 e. The molecule has 0 bridgehead atoms. The van der Waals surface area contributed by atoms with Gasteiger partial charge >= 0.3 is 0 Å². The molecule has 3 rings (SSSR count). The van der Waals surface area contributed by atoms with E-state index in [2.05, 4.69) is 22.1 Å². The lowest BCUT2D eigenvalue weighted by Crippen LogP contribution is -2.18. The zero-order chi connectivity index (χ0) is 16.8. The van der Waals surface area contributed by atoms with Gasteiger partial charge in [-0.15, -0.1) is 0 Å². The van der Waals surface area contributed by atoms with Crippen molar-refractivity contribution in [2.75, 3.05) is 16.8 Å². The van der Waals surface area contributed by atoms with Crippen molar-refractivity contribution in [3.63, 3.8) is 0 Å². The van der Waals surface area contributed by atoms with Gasteiger partial charge in [-0.2, -0.15) is 0 Å². The Hall–Kier alpha value is -3.14. The fourth-order valence-corrected chi connectivity index (χ4v) is 2.55. The van der Waals surface area contributed by atoms with Crippen LogP contribution in [0.1, 0.15) is 17.4 Å². The number of nitrogens with zero attached hydrogens (tertiary/aromatic N) is 2. The molecule has 0 spiro atoms. The van der Waals surface area contributed by atoms with Crippen LogP contribution in [0.15, 0.2) is 79.0 Å². The van der Waals surface area contributed by atoms with Crippen molar-refractivity contribution in [1.29, 1.82) is 0 Å². The molecule has 0 radical (unpaired) electrons. The molecular formula is C20H19N3O. The monoisotopic (exact) mass is 317 g/mol. The van der Waals surface area contributed by atoms with Gasteiger partial charge in [-0.1, -0.05) is 36.4 Å². The van der Waals surface area contributed by atoms with Gasteiger partial charge in [0.05, 0.1) is 0 Å². The van der Waals surface area contributed by atoms with Crippen molar-refractivity contribution >= 4 is 23.0 Å². The predicted octanol–water partition coefficient (Wildman–Crippen LogP) is 4.49. The highest BCUT2D eigenvalue weighted by Crippen LogP contribution is 2.25. The zero-order valence-corrected chi connectivity index (χ0v) is 13.5. The van der Waals surface area contributed by atoms with Crippen LogP contribution < -0.4 is 10.2 Å². The molecule has 0 aliphatic carbocycles. The summed E-state index contributed by atoms with van der Waals surface area (Å²) in [6.45, 7) is 2.88. The lowest BCUT2D eigenvalue weighted by Gasteiger charge is -2.23. The second kappa shape index (κ2) is 7.42. The summed E-state index contributed by atoms with van der Waals surface area (Å²) < 4.78 is 0. The molecule has 24 heavy (non-hydrogen) atoms. The van der Waals surface area contributed by atoms with E-state index in [1.807, 2.05) is 72.8 Å². The third-order valence-electron chi connectivity index (χ3n) is 3.70. The van der Waals surface area contributed by atoms with Crippen LogP contribution in [0.5, 0.6) is 0 Å². The molecule has 0 saturated carbocycles. The van der Waals surface area contributed by atoms with Gasteiger partial charge in [0.2, 0.25) is 0 Å². The summed E-state index contributed by atoms with van der Waals surface area (Å²) in [6, 6.07) is 23.2. The minimum atomic E-state index is -0.216. The van der Waals surface area contributed by atoms with Crippen LogP contribution in [0, 0.1) is 0 Å². The third-order valence-corrected chi connectivity index (χ3v) is 3.70. The minimum absolute atomic E-state index is 0.216. The first kappa shape index (κ1) is 15.7. The van der Waals surface area contributed by atoms with Gasteiger partial charge < -0.3 is 10.2 Å². The normalized spacial score (nSPS) is 10.2. The van der Waals surface area contributed by atoms with Gasteiger partial charge in [0.15, 0.2) is 0 Å². The van der Waals surface area contributed by atoms with E-state index < -0.39 is 0 Å². The van der Waals surface area contributed by atoms with Crippen molar-refractivity contribution in [3.8, 4) is 0 Å². The standard InChI is InChI=1S/C20H19N3O/c1-2-23(17-11-7-4-8-12-17)18-13-14-21-19(15-18)20(24)22-16-9-5-3-6-10-16/h3-15H,2H2,1H3,(H,22,24). The number of anilines is 3. The Morgan fingerprint density at radius 2 is 1.62 bits per heavy atom. The second-order valence-electron chi connectivity index (χ2n) is 5.30. The average Bonchev–Trinajstić information content (AvgIpc) is 2.64. The van der Waals surface area contributed by atoms with Crippen molar-refractivity contribution in [1.82, 2.24) is 4.98 Å². The van der Waals surface area contributed by atoms with Gasteiger partial charge in [-0.3, -0.25) is 9.78 Å². The Bertz CT molecular complexity index is 803. The SMILES string of the molecule is CCN(c1ccccc1)c1ccnc(C(=O)Nc2ccccc2)c1. The Morgan fingerprint density at radius 3 is 2.29 bits per heavy atom. The smallest absolute Gasteiger partial charge is 0.274 e.